The van der Waals surface area contributed by atoms with Crippen molar-refractivity contribution in [2.45, 2.75) is 50.2 Å². The molecule has 0 amide bonds. The lowest BCUT2D eigenvalue weighted by molar-refractivity contribution is 0.296. The maximum Gasteiger partial charge on any atom is 0.0250 e. The van der Waals surface area contributed by atoms with Crippen LogP contribution in [0, 0.1) is 0 Å². The summed E-state index contributed by atoms with van der Waals surface area (Å²) in [6, 6.07) is 2.40. The molecule has 3 aliphatic rings. The summed E-state index contributed by atoms with van der Waals surface area (Å²) in [7, 11) is 0. The molecule has 3 saturated heterocycles. The number of nitrogens with one attached hydrogen (secondary N) is 2. The van der Waals surface area contributed by atoms with Gasteiger partial charge in [0.2, 0.25) is 0 Å². The maximum atomic E-state index is 3.79. The van der Waals surface area contributed by atoms with Crippen LogP contribution in [0.2, 0.25) is 0 Å². The fourth-order valence-electron chi connectivity index (χ4n) is 3.55. The second kappa shape index (κ2) is 4.40. The second-order valence-corrected chi connectivity index (χ2v) is 5.34. The average molecular weight is 209 g/mol. The number of nitrogens with zero attached hydrogens (tertiary/aromatic N) is 1. The largest absolute Gasteiger partial charge is 0.313 e. The Kier molecular flexibility index (Phi) is 2.95. The standard InChI is InChI=1S/C12H23N3/c1-3-10(13-6-1)9-14-11-5-8-15-7-2-4-12(11)15/h10-14H,1-9H2. The second-order valence-electron chi connectivity index (χ2n) is 5.34. The van der Waals surface area contributed by atoms with Gasteiger partial charge in [0.25, 0.3) is 0 Å². The molecule has 3 atom stereocenters. The Bertz CT molecular complexity index is 213. The first-order valence-corrected chi connectivity index (χ1v) is 6.64. The Morgan fingerprint density at radius 1 is 1.13 bits per heavy atom. The normalized spacial score (nSPS) is 41.2. The highest BCUT2D eigenvalue weighted by molar-refractivity contribution is 4.96. The highest BCUT2D eigenvalue weighted by atomic mass is 15.2. The molecule has 3 unspecified atom stereocenters. The summed E-state index contributed by atoms with van der Waals surface area (Å²) >= 11 is 0. The van der Waals surface area contributed by atoms with E-state index in [1.165, 1.54) is 58.3 Å². The number of hydrogen-bond acceptors (Lipinski definition) is 3. The van der Waals surface area contributed by atoms with Crippen LogP contribution >= 0.6 is 0 Å². The van der Waals surface area contributed by atoms with Crippen molar-refractivity contribution in [3.05, 3.63) is 0 Å². The van der Waals surface area contributed by atoms with Gasteiger partial charge in [0.1, 0.15) is 0 Å². The Balaban J connectivity index is 1.46. The third-order valence-electron chi connectivity index (χ3n) is 4.39. The van der Waals surface area contributed by atoms with Crippen LogP contribution in [0.15, 0.2) is 0 Å². The molecule has 0 saturated carbocycles. The zero-order valence-electron chi connectivity index (χ0n) is 9.54. The van der Waals surface area contributed by atoms with Crippen molar-refractivity contribution in [1.82, 2.24) is 15.5 Å². The molecule has 3 rings (SSSR count). The molecule has 3 fully saturated rings. The van der Waals surface area contributed by atoms with Crippen LogP contribution < -0.4 is 10.6 Å². The van der Waals surface area contributed by atoms with Gasteiger partial charge in [-0.3, -0.25) is 4.90 Å². The Morgan fingerprint density at radius 2 is 2.13 bits per heavy atom. The molecule has 2 N–H and O–H groups in total. The lowest BCUT2D eigenvalue weighted by Crippen LogP contribution is -2.44. The van der Waals surface area contributed by atoms with Crippen LogP contribution in [0.1, 0.15) is 32.1 Å². The van der Waals surface area contributed by atoms with Gasteiger partial charge in [-0.1, -0.05) is 0 Å². The molecule has 0 bridgehead atoms. The number of hydrogen-bond donors (Lipinski definition) is 2. The summed E-state index contributed by atoms with van der Waals surface area (Å²) in [6.07, 6.45) is 6.96. The molecule has 3 aliphatic heterocycles. The smallest absolute Gasteiger partial charge is 0.0250 e. The maximum absolute atomic E-state index is 3.79. The van der Waals surface area contributed by atoms with Crippen LogP contribution in [0.3, 0.4) is 0 Å². The average Bonchev–Trinajstić information content (AvgIpc) is 2.93. The molecule has 3 heterocycles. The van der Waals surface area contributed by atoms with Crippen LogP contribution in [-0.2, 0) is 0 Å². The van der Waals surface area contributed by atoms with E-state index in [0.29, 0.717) is 0 Å². The monoisotopic (exact) mass is 209 g/mol. The predicted molar refractivity (Wildman–Crippen MR) is 62.0 cm³/mol. The van der Waals surface area contributed by atoms with Gasteiger partial charge in [-0.05, 0) is 45.2 Å². The van der Waals surface area contributed by atoms with E-state index in [1.807, 2.05) is 0 Å². The molecule has 0 aromatic heterocycles. The Morgan fingerprint density at radius 3 is 3.00 bits per heavy atom. The predicted octanol–water partition coefficient (Wildman–Crippen LogP) is 0.565. The van der Waals surface area contributed by atoms with E-state index in [0.717, 1.165) is 18.1 Å². The fourth-order valence-corrected chi connectivity index (χ4v) is 3.55. The van der Waals surface area contributed by atoms with Crippen LogP contribution in [-0.4, -0.2) is 49.2 Å². The number of fused-ring (bicyclic) bond motifs is 1. The van der Waals surface area contributed by atoms with Gasteiger partial charge >= 0.3 is 0 Å². The van der Waals surface area contributed by atoms with Gasteiger partial charge in [-0.25, -0.2) is 0 Å². The van der Waals surface area contributed by atoms with Gasteiger partial charge in [-0.2, -0.15) is 0 Å². The first-order valence-electron chi connectivity index (χ1n) is 6.64. The van der Waals surface area contributed by atoms with E-state index in [4.69, 9.17) is 0 Å². The minimum Gasteiger partial charge on any atom is -0.313 e. The molecule has 86 valence electrons. The fraction of sp³-hybridized carbons (Fsp3) is 1.00. The van der Waals surface area contributed by atoms with Crippen molar-refractivity contribution >= 4 is 0 Å². The van der Waals surface area contributed by atoms with E-state index < -0.39 is 0 Å². The van der Waals surface area contributed by atoms with E-state index in [1.54, 1.807) is 0 Å². The molecular formula is C12H23N3. The first kappa shape index (κ1) is 10.1. The van der Waals surface area contributed by atoms with Crippen LogP contribution in [0.5, 0.6) is 0 Å². The molecule has 0 aromatic carbocycles. The first-order chi connectivity index (χ1) is 7.43. The van der Waals surface area contributed by atoms with Crippen molar-refractivity contribution in [1.29, 1.82) is 0 Å². The quantitative estimate of drug-likeness (QED) is 0.711. The summed E-state index contributed by atoms with van der Waals surface area (Å²) in [4.78, 5) is 2.68. The minimum atomic E-state index is 0.750. The molecule has 0 spiro atoms. The lowest BCUT2D eigenvalue weighted by atomic mass is 10.1. The van der Waals surface area contributed by atoms with Gasteiger partial charge in [0.15, 0.2) is 0 Å². The molecule has 0 radical (unpaired) electrons. The molecule has 0 aliphatic carbocycles. The molecule has 3 heteroatoms. The van der Waals surface area contributed by atoms with Crippen LogP contribution in [0.4, 0.5) is 0 Å². The zero-order valence-corrected chi connectivity index (χ0v) is 9.54. The lowest BCUT2D eigenvalue weighted by Gasteiger charge is -2.23. The molecule has 3 nitrogen and oxygen atoms in total. The highest BCUT2D eigenvalue weighted by Gasteiger charge is 2.36. The zero-order chi connectivity index (χ0) is 10.1. The van der Waals surface area contributed by atoms with Crippen molar-refractivity contribution in [3.63, 3.8) is 0 Å². The highest BCUT2D eigenvalue weighted by Crippen LogP contribution is 2.27. The van der Waals surface area contributed by atoms with Crippen molar-refractivity contribution < 1.29 is 0 Å². The third-order valence-corrected chi connectivity index (χ3v) is 4.39. The summed E-state index contributed by atoms with van der Waals surface area (Å²) in [6.45, 7) is 5.10. The number of rotatable bonds is 3. The van der Waals surface area contributed by atoms with Gasteiger partial charge in [-0.15, -0.1) is 0 Å². The Hall–Kier alpha value is -0.120. The summed E-state index contributed by atoms with van der Waals surface area (Å²) in [5.74, 6) is 0. The molecule has 15 heavy (non-hydrogen) atoms. The molecular weight excluding hydrogens is 186 g/mol. The van der Waals surface area contributed by atoms with Gasteiger partial charge in [0.05, 0.1) is 0 Å². The van der Waals surface area contributed by atoms with Gasteiger partial charge in [0, 0.05) is 31.2 Å². The SMILES string of the molecule is C1CNC(CNC2CCN3CCCC23)C1. The van der Waals surface area contributed by atoms with Crippen molar-refractivity contribution in [2.75, 3.05) is 26.2 Å². The van der Waals surface area contributed by atoms with E-state index in [-0.39, 0.29) is 0 Å². The minimum absolute atomic E-state index is 0.750. The Labute approximate surface area is 92.6 Å². The van der Waals surface area contributed by atoms with E-state index >= 15 is 0 Å². The summed E-state index contributed by atoms with van der Waals surface area (Å²) in [5, 5.41) is 7.35. The summed E-state index contributed by atoms with van der Waals surface area (Å²) in [5.41, 5.74) is 0. The van der Waals surface area contributed by atoms with Crippen molar-refractivity contribution in [2.24, 2.45) is 0 Å². The summed E-state index contributed by atoms with van der Waals surface area (Å²) < 4.78 is 0. The molecule has 0 aromatic rings. The van der Waals surface area contributed by atoms with Crippen LogP contribution in [0.25, 0.3) is 0 Å². The topological polar surface area (TPSA) is 27.3 Å². The van der Waals surface area contributed by atoms with E-state index in [9.17, 15) is 0 Å². The van der Waals surface area contributed by atoms with Gasteiger partial charge < -0.3 is 10.6 Å². The van der Waals surface area contributed by atoms with E-state index in [2.05, 4.69) is 15.5 Å². The van der Waals surface area contributed by atoms with Crippen molar-refractivity contribution in [3.8, 4) is 0 Å². The third kappa shape index (κ3) is 2.05.